The van der Waals surface area contributed by atoms with Crippen molar-refractivity contribution >= 4 is 5.82 Å². The molecule has 0 aliphatic carbocycles. The number of rotatable bonds is 7. The van der Waals surface area contributed by atoms with Gasteiger partial charge in [0, 0.05) is 38.5 Å². The molecule has 2 N–H and O–H groups in total. The Balaban J connectivity index is 1.58. The fourth-order valence-electron chi connectivity index (χ4n) is 3.06. The molecule has 0 spiro atoms. The van der Waals surface area contributed by atoms with Gasteiger partial charge in [-0.05, 0) is 31.0 Å². The molecule has 2 aromatic heterocycles. The third kappa shape index (κ3) is 4.35. The lowest BCUT2D eigenvalue weighted by atomic mass is 10.1. The summed E-state index contributed by atoms with van der Waals surface area (Å²) in [6.07, 6.45) is 3.42. The Morgan fingerprint density at radius 3 is 3.04 bits per heavy atom. The van der Waals surface area contributed by atoms with E-state index in [0.29, 0.717) is 26.2 Å². The van der Waals surface area contributed by atoms with Gasteiger partial charge >= 0.3 is 0 Å². The number of aromatic nitrogens is 1. The van der Waals surface area contributed by atoms with E-state index in [1.54, 1.807) is 7.11 Å². The minimum absolute atomic E-state index is 0.260. The molecule has 6 nitrogen and oxygen atoms in total. The van der Waals surface area contributed by atoms with E-state index in [0.717, 1.165) is 42.3 Å². The topological polar surface area (TPSA) is 70.8 Å². The highest BCUT2D eigenvalue weighted by atomic mass is 16.5. The summed E-state index contributed by atoms with van der Waals surface area (Å²) in [7, 11) is 1.65. The average molecular weight is 331 g/mol. The molecule has 0 amide bonds. The quantitative estimate of drug-likeness (QED) is 0.809. The molecule has 2 aromatic rings. The average Bonchev–Trinajstić information content (AvgIpc) is 3.03. The molecule has 0 bridgehead atoms. The molecule has 24 heavy (non-hydrogen) atoms. The molecule has 3 rings (SSSR count). The first-order chi connectivity index (χ1) is 11.8. The van der Waals surface area contributed by atoms with Gasteiger partial charge in [0.1, 0.15) is 23.9 Å². The number of piperidine rings is 1. The van der Waals surface area contributed by atoms with Crippen molar-refractivity contribution in [3.63, 3.8) is 0 Å². The molecule has 0 saturated carbocycles. The summed E-state index contributed by atoms with van der Waals surface area (Å²) in [6, 6.07) is 7.93. The molecular formula is C18H25N3O3. The SMILES string of the molecule is COCc1ccc(CNCc2cccnc2N2CCC[C@@H](O)C2)o1. The molecule has 1 aliphatic heterocycles. The minimum Gasteiger partial charge on any atom is -0.462 e. The van der Waals surface area contributed by atoms with Gasteiger partial charge in [-0.25, -0.2) is 4.98 Å². The summed E-state index contributed by atoms with van der Waals surface area (Å²) in [5.74, 6) is 2.68. The number of methoxy groups -OCH3 is 1. The monoisotopic (exact) mass is 331 g/mol. The van der Waals surface area contributed by atoms with Crippen LogP contribution in [0, 0.1) is 0 Å². The van der Waals surface area contributed by atoms with E-state index in [2.05, 4.69) is 21.3 Å². The number of β-amino-alcohol motifs (C(OH)–C–C–N with tert-alkyl or cyclic N) is 1. The molecule has 1 atom stereocenters. The highest BCUT2D eigenvalue weighted by Crippen LogP contribution is 2.22. The van der Waals surface area contributed by atoms with Crippen LogP contribution in [0.25, 0.3) is 0 Å². The summed E-state index contributed by atoms with van der Waals surface area (Å²) in [6.45, 7) is 3.45. The molecular weight excluding hydrogens is 306 g/mol. The van der Waals surface area contributed by atoms with Crippen LogP contribution in [-0.4, -0.2) is 36.4 Å². The van der Waals surface area contributed by atoms with Crippen molar-refractivity contribution in [3.8, 4) is 0 Å². The maximum Gasteiger partial charge on any atom is 0.133 e. The van der Waals surface area contributed by atoms with Gasteiger partial charge in [-0.3, -0.25) is 0 Å². The first-order valence-electron chi connectivity index (χ1n) is 8.40. The van der Waals surface area contributed by atoms with E-state index in [1.165, 1.54) is 0 Å². The number of hydrogen-bond donors (Lipinski definition) is 2. The maximum absolute atomic E-state index is 9.89. The Hall–Kier alpha value is -1.89. The van der Waals surface area contributed by atoms with E-state index in [-0.39, 0.29) is 6.10 Å². The van der Waals surface area contributed by atoms with E-state index in [9.17, 15) is 5.11 Å². The Kier molecular flexibility index (Phi) is 5.85. The van der Waals surface area contributed by atoms with Gasteiger partial charge in [0.2, 0.25) is 0 Å². The fourth-order valence-corrected chi connectivity index (χ4v) is 3.06. The number of furan rings is 1. The van der Waals surface area contributed by atoms with Crippen molar-refractivity contribution < 1.29 is 14.3 Å². The number of aliphatic hydroxyl groups is 1. The van der Waals surface area contributed by atoms with Crippen molar-refractivity contribution in [3.05, 3.63) is 47.5 Å². The predicted octanol–water partition coefficient (Wildman–Crippen LogP) is 2.07. The highest BCUT2D eigenvalue weighted by Gasteiger charge is 2.20. The van der Waals surface area contributed by atoms with Crippen LogP contribution in [0.4, 0.5) is 5.82 Å². The van der Waals surface area contributed by atoms with Gasteiger partial charge in [-0.2, -0.15) is 0 Å². The van der Waals surface area contributed by atoms with Crippen molar-refractivity contribution in [1.29, 1.82) is 0 Å². The molecule has 0 aromatic carbocycles. The van der Waals surface area contributed by atoms with Crippen molar-refractivity contribution in [2.45, 2.75) is 38.6 Å². The van der Waals surface area contributed by atoms with Crippen LogP contribution in [-0.2, 0) is 24.4 Å². The zero-order valence-corrected chi connectivity index (χ0v) is 14.1. The molecule has 6 heteroatoms. The summed E-state index contributed by atoms with van der Waals surface area (Å²) >= 11 is 0. The molecule has 0 unspecified atom stereocenters. The summed E-state index contributed by atoms with van der Waals surface area (Å²) in [5.41, 5.74) is 1.13. The van der Waals surface area contributed by atoms with Crippen molar-refractivity contribution in [2.24, 2.45) is 0 Å². The zero-order chi connectivity index (χ0) is 16.8. The number of anilines is 1. The standard InChI is InChI=1S/C18H25N3O3/c1-23-13-17-7-6-16(24-17)11-19-10-14-4-2-8-20-18(14)21-9-3-5-15(22)12-21/h2,4,6-8,15,19,22H,3,5,9-13H2,1H3/t15-/m1/s1. The number of pyridine rings is 1. The Morgan fingerprint density at radius 1 is 1.33 bits per heavy atom. The Bertz CT molecular complexity index is 644. The molecule has 3 heterocycles. The van der Waals surface area contributed by atoms with E-state index >= 15 is 0 Å². The molecule has 1 fully saturated rings. The van der Waals surface area contributed by atoms with Gasteiger partial charge in [0.15, 0.2) is 0 Å². The largest absolute Gasteiger partial charge is 0.462 e. The van der Waals surface area contributed by atoms with Gasteiger partial charge in [-0.15, -0.1) is 0 Å². The Morgan fingerprint density at radius 2 is 2.21 bits per heavy atom. The second kappa shape index (κ2) is 8.28. The number of aliphatic hydroxyl groups excluding tert-OH is 1. The van der Waals surface area contributed by atoms with Crippen LogP contribution >= 0.6 is 0 Å². The van der Waals surface area contributed by atoms with E-state index in [1.807, 2.05) is 24.4 Å². The van der Waals surface area contributed by atoms with Crippen LogP contribution in [0.1, 0.15) is 29.9 Å². The number of nitrogens with one attached hydrogen (secondary N) is 1. The summed E-state index contributed by atoms with van der Waals surface area (Å²) in [4.78, 5) is 6.70. The minimum atomic E-state index is -0.260. The second-order valence-corrected chi connectivity index (χ2v) is 6.13. The number of ether oxygens (including phenoxy) is 1. The third-order valence-corrected chi connectivity index (χ3v) is 4.18. The van der Waals surface area contributed by atoms with Gasteiger partial charge < -0.3 is 24.5 Å². The number of hydrogen-bond acceptors (Lipinski definition) is 6. The molecule has 1 aliphatic rings. The second-order valence-electron chi connectivity index (χ2n) is 6.13. The van der Waals surface area contributed by atoms with Gasteiger partial charge in [-0.1, -0.05) is 6.07 Å². The zero-order valence-electron chi connectivity index (χ0n) is 14.1. The van der Waals surface area contributed by atoms with E-state index in [4.69, 9.17) is 9.15 Å². The molecule has 1 saturated heterocycles. The van der Waals surface area contributed by atoms with Crippen molar-refractivity contribution in [1.82, 2.24) is 10.3 Å². The first-order valence-corrected chi connectivity index (χ1v) is 8.40. The fraction of sp³-hybridized carbons (Fsp3) is 0.500. The normalized spacial score (nSPS) is 18.1. The summed E-state index contributed by atoms with van der Waals surface area (Å²) in [5, 5.41) is 13.3. The van der Waals surface area contributed by atoms with E-state index < -0.39 is 0 Å². The first kappa shape index (κ1) is 17.0. The van der Waals surface area contributed by atoms with Crippen LogP contribution in [0.2, 0.25) is 0 Å². The lowest BCUT2D eigenvalue weighted by Crippen LogP contribution is -2.39. The predicted molar refractivity (Wildman–Crippen MR) is 91.7 cm³/mol. The van der Waals surface area contributed by atoms with Crippen LogP contribution in [0.3, 0.4) is 0 Å². The van der Waals surface area contributed by atoms with Crippen molar-refractivity contribution in [2.75, 3.05) is 25.1 Å². The van der Waals surface area contributed by atoms with Gasteiger partial charge in [0.25, 0.3) is 0 Å². The maximum atomic E-state index is 9.89. The lowest BCUT2D eigenvalue weighted by molar-refractivity contribution is 0.153. The number of nitrogens with zero attached hydrogens (tertiary/aromatic N) is 2. The lowest BCUT2D eigenvalue weighted by Gasteiger charge is -2.32. The Labute approximate surface area is 142 Å². The molecule has 0 radical (unpaired) electrons. The third-order valence-electron chi connectivity index (χ3n) is 4.18. The smallest absolute Gasteiger partial charge is 0.133 e. The van der Waals surface area contributed by atoms with Crippen LogP contribution in [0.5, 0.6) is 0 Å². The van der Waals surface area contributed by atoms with Crippen LogP contribution < -0.4 is 10.2 Å². The van der Waals surface area contributed by atoms with Crippen LogP contribution in [0.15, 0.2) is 34.9 Å². The molecule has 130 valence electrons. The van der Waals surface area contributed by atoms with Gasteiger partial charge in [0.05, 0.1) is 12.6 Å². The highest BCUT2D eigenvalue weighted by molar-refractivity contribution is 5.47. The summed E-state index contributed by atoms with van der Waals surface area (Å²) < 4.78 is 10.7.